The van der Waals surface area contributed by atoms with Crippen molar-refractivity contribution in [2.45, 2.75) is 4.90 Å². The molecular formula is C21H17N3O2S. The van der Waals surface area contributed by atoms with Gasteiger partial charge in [-0.25, -0.2) is 12.4 Å². The molecule has 0 bridgehead atoms. The number of hydrogen-bond donors (Lipinski definition) is 1. The van der Waals surface area contributed by atoms with Gasteiger partial charge in [0.2, 0.25) is 0 Å². The summed E-state index contributed by atoms with van der Waals surface area (Å²) in [4.78, 5) is 0.264. The fourth-order valence-corrected chi connectivity index (χ4v) is 4.20. The van der Waals surface area contributed by atoms with E-state index in [1.54, 1.807) is 54.9 Å². The third-order valence-corrected chi connectivity index (χ3v) is 5.86. The highest BCUT2D eigenvalue weighted by atomic mass is 32.2. The summed E-state index contributed by atoms with van der Waals surface area (Å²) >= 11 is 0. The fourth-order valence-electron chi connectivity index (χ4n) is 2.83. The smallest absolute Gasteiger partial charge is 0.268 e. The molecule has 0 aliphatic heterocycles. The Morgan fingerprint density at radius 1 is 0.852 bits per heavy atom. The van der Waals surface area contributed by atoms with Gasteiger partial charge in [-0.05, 0) is 48.0 Å². The van der Waals surface area contributed by atoms with E-state index in [-0.39, 0.29) is 4.90 Å². The lowest BCUT2D eigenvalue weighted by molar-refractivity contribution is 0.589. The van der Waals surface area contributed by atoms with Crippen LogP contribution in [-0.4, -0.2) is 18.6 Å². The van der Waals surface area contributed by atoms with E-state index in [0.717, 1.165) is 16.6 Å². The monoisotopic (exact) mass is 375 g/mol. The van der Waals surface area contributed by atoms with E-state index in [0.29, 0.717) is 5.52 Å². The predicted octanol–water partition coefficient (Wildman–Crippen LogP) is 4.32. The standard InChI is InChI=1S/C21H17N3O2S/c25-27(26,20-9-5-2-6-10-20)24-14-13-18-15-17(11-12-21(18)24)16-22-23-19-7-3-1-4-8-19/h1-16,23H. The Bertz CT molecular complexity index is 1200. The van der Waals surface area contributed by atoms with Gasteiger partial charge in [0.05, 0.1) is 22.3 Å². The molecule has 0 saturated heterocycles. The molecule has 1 N–H and O–H groups in total. The molecule has 4 aromatic rings. The van der Waals surface area contributed by atoms with Crippen LogP contribution < -0.4 is 5.43 Å². The number of nitrogens with zero attached hydrogens (tertiary/aromatic N) is 2. The highest BCUT2D eigenvalue weighted by Gasteiger charge is 2.18. The first-order valence-corrected chi connectivity index (χ1v) is 9.84. The van der Waals surface area contributed by atoms with E-state index in [4.69, 9.17) is 0 Å². The maximum atomic E-state index is 12.8. The number of hydrazone groups is 1. The summed E-state index contributed by atoms with van der Waals surface area (Å²) in [6, 6.07) is 25.4. The largest absolute Gasteiger partial charge is 0.279 e. The Morgan fingerprint density at radius 3 is 2.30 bits per heavy atom. The fraction of sp³-hybridized carbons (Fsp3) is 0. The summed E-state index contributed by atoms with van der Waals surface area (Å²) in [7, 11) is -3.62. The van der Waals surface area contributed by atoms with Crippen LogP contribution in [0.2, 0.25) is 0 Å². The number of hydrogen-bond acceptors (Lipinski definition) is 4. The topological polar surface area (TPSA) is 63.5 Å². The number of nitrogens with one attached hydrogen (secondary N) is 1. The quantitative estimate of drug-likeness (QED) is 0.417. The lowest BCUT2D eigenvalue weighted by Crippen LogP contribution is -2.11. The average Bonchev–Trinajstić information content (AvgIpc) is 3.14. The molecule has 1 aromatic heterocycles. The second kappa shape index (κ2) is 7.09. The second-order valence-corrected chi connectivity index (χ2v) is 7.80. The molecule has 0 atom stereocenters. The van der Waals surface area contributed by atoms with Gasteiger partial charge in [0.25, 0.3) is 10.0 Å². The van der Waals surface area contributed by atoms with Crippen LogP contribution in [0.3, 0.4) is 0 Å². The molecule has 0 aliphatic carbocycles. The first kappa shape index (κ1) is 17.1. The number of rotatable bonds is 5. The maximum Gasteiger partial charge on any atom is 0.268 e. The van der Waals surface area contributed by atoms with Crippen molar-refractivity contribution >= 4 is 32.8 Å². The summed E-state index contributed by atoms with van der Waals surface area (Å²) in [5, 5.41) is 5.05. The number of benzene rings is 3. The number of anilines is 1. The second-order valence-electron chi connectivity index (χ2n) is 5.98. The lowest BCUT2D eigenvalue weighted by atomic mass is 10.2. The van der Waals surface area contributed by atoms with E-state index < -0.39 is 10.0 Å². The third-order valence-electron chi connectivity index (χ3n) is 4.16. The minimum absolute atomic E-state index is 0.264. The molecule has 0 saturated carbocycles. The molecule has 0 spiro atoms. The van der Waals surface area contributed by atoms with Crippen LogP contribution in [-0.2, 0) is 10.0 Å². The molecule has 0 aliphatic rings. The SMILES string of the molecule is O=S(=O)(c1ccccc1)n1ccc2cc(C=NNc3ccccc3)ccc21. The highest BCUT2D eigenvalue weighted by Crippen LogP contribution is 2.22. The third kappa shape index (κ3) is 3.47. The summed E-state index contributed by atoms with van der Waals surface area (Å²) < 4.78 is 27.0. The van der Waals surface area contributed by atoms with Crippen LogP contribution in [0, 0.1) is 0 Å². The Labute approximate surface area is 157 Å². The molecule has 134 valence electrons. The normalized spacial score (nSPS) is 11.9. The molecule has 0 amide bonds. The van der Waals surface area contributed by atoms with Crippen molar-refractivity contribution in [2.24, 2.45) is 5.10 Å². The molecule has 4 rings (SSSR count). The lowest BCUT2D eigenvalue weighted by Gasteiger charge is -2.07. The van der Waals surface area contributed by atoms with Gasteiger partial charge in [0, 0.05) is 11.6 Å². The van der Waals surface area contributed by atoms with Crippen LogP contribution in [0.5, 0.6) is 0 Å². The number of fused-ring (bicyclic) bond motifs is 1. The van der Waals surface area contributed by atoms with E-state index in [2.05, 4.69) is 10.5 Å². The Balaban J connectivity index is 1.62. The van der Waals surface area contributed by atoms with Crippen LogP contribution >= 0.6 is 0 Å². The summed E-state index contributed by atoms with van der Waals surface area (Å²) in [5.74, 6) is 0. The van der Waals surface area contributed by atoms with Crippen LogP contribution in [0.15, 0.2) is 101 Å². The molecular weight excluding hydrogens is 358 g/mol. The minimum atomic E-state index is -3.62. The minimum Gasteiger partial charge on any atom is -0.279 e. The van der Waals surface area contributed by atoms with E-state index >= 15 is 0 Å². The van der Waals surface area contributed by atoms with E-state index in [1.807, 2.05) is 42.5 Å². The van der Waals surface area contributed by atoms with Crippen molar-refractivity contribution in [3.63, 3.8) is 0 Å². The maximum absolute atomic E-state index is 12.8. The first-order chi connectivity index (χ1) is 13.1. The van der Waals surface area contributed by atoms with Crippen molar-refractivity contribution in [1.82, 2.24) is 3.97 Å². The van der Waals surface area contributed by atoms with E-state index in [9.17, 15) is 8.42 Å². The first-order valence-electron chi connectivity index (χ1n) is 8.40. The molecule has 6 heteroatoms. The molecule has 3 aromatic carbocycles. The highest BCUT2D eigenvalue weighted by molar-refractivity contribution is 7.90. The summed E-state index contributed by atoms with van der Waals surface area (Å²) in [6.07, 6.45) is 3.28. The van der Waals surface area contributed by atoms with Gasteiger partial charge in [-0.3, -0.25) is 5.43 Å². The van der Waals surface area contributed by atoms with Gasteiger partial charge in [0.15, 0.2) is 0 Å². The van der Waals surface area contributed by atoms with Gasteiger partial charge < -0.3 is 0 Å². The number of para-hydroxylation sites is 1. The van der Waals surface area contributed by atoms with Gasteiger partial charge in [-0.2, -0.15) is 5.10 Å². The van der Waals surface area contributed by atoms with Crippen molar-refractivity contribution in [3.8, 4) is 0 Å². The zero-order valence-electron chi connectivity index (χ0n) is 14.4. The zero-order valence-corrected chi connectivity index (χ0v) is 15.2. The zero-order chi connectivity index (χ0) is 18.7. The van der Waals surface area contributed by atoms with Crippen molar-refractivity contribution in [2.75, 3.05) is 5.43 Å². The molecule has 0 unspecified atom stereocenters. The van der Waals surface area contributed by atoms with Gasteiger partial charge in [0.1, 0.15) is 0 Å². The van der Waals surface area contributed by atoms with Crippen molar-refractivity contribution in [1.29, 1.82) is 0 Å². The molecule has 1 heterocycles. The number of aromatic nitrogens is 1. The summed E-state index contributed by atoms with van der Waals surface area (Å²) in [5.41, 5.74) is 5.37. The Morgan fingerprint density at radius 2 is 1.56 bits per heavy atom. The van der Waals surface area contributed by atoms with Crippen LogP contribution in [0.1, 0.15) is 5.56 Å². The molecule has 27 heavy (non-hydrogen) atoms. The Hall–Kier alpha value is -3.38. The molecule has 5 nitrogen and oxygen atoms in total. The van der Waals surface area contributed by atoms with Crippen molar-refractivity contribution in [3.05, 3.63) is 96.7 Å². The van der Waals surface area contributed by atoms with Gasteiger partial charge in [-0.15, -0.1) is 0 Å². The van der Waals surface area contributed by atoms with Gasteiger partial charge >= 0.3 is 0 Å². The van der Waals surface area contributed by atoms with Crippen LogP contribution in [0.4, 0.5) is 5.69 Å². The average molecular weight is 375 g/mol. The summed E-state index contributed by atoms with van der Waals surface area (Å²) in [6.45, 7) is 0. The molecule has 0 radical (unpaired) electrons. The van der Waals surface area contributed by atoms with Crippen LogP contribution in [0.25, 0.3) is 10.9 Å². The molecule has 0 fully saturated rings. The Kier molecular flexibility index (Phi) is 4.48. The van der Waals surface area contributed by atoms with Crippen molar-refractivity contribution < 1.29 is 8.42 Å². The van der Waals surface area contributed by atoms with Gasteiger partial charge in [-0.1, -0.05) is 42.5 Å². The predicted molar refractivity (Wildman–Crippen MR) is 109 cm³/mol. The van der Waals surface area contributed by atoms with E-state index in [1.165, 1.54) is 3.97 Å².